The van der Waals surface area contributed by atoms with Gasteiger partial charge in [-0.2, -0.15) is 0 Å². The van der Waals surface area contributed by atoms with Gasteiger partial charge in [-0.3, -0.25) is 4.99 Å². The number of benzene rings is 1. The lowest BCUT2D eigenvalue weighted by molar-refractivity contribution is 0.271. The third-order valence-corrected chi connectivity index (χ3v) is 3.04. The van der Waals surface area contributed by atoms with E-state index in [9.17, 15) is 0 Å². The molecule has 126 valence electrons. The molecular formula is C17H30IN3O. The first kappa shape index (κ1) is 21.0. The van der Waals surface area contributed by atoms with Gasteiger partial charge < -0.3 is 15.0 Å². The first-order valence-corrected chi connectivity index (χ1v) is 7.65. The maximum Gasteiger partial charge on any atom is 0.193 e. The number of guanidine groups is 1. The highest BCUT2D eigenvalue weighted by molar-refractivity contribution is 14.0. The zero-order chi connectivity index (χ0) is 15.8. The van der Waals surface area contributed by atoms with Gasteiger partial charge in [0.1, 0.15) is 5.75 Å². The molecule has 4 nitrogen and oxygen atoms in total. The van der Waals surface area contributed by atoms with Gasteiger partial charge in [0.2, 0.25) is 0 Å². The Balaban J connectivity index is 0.00000441. The zero-order valence-corrected chi connectivity index (χ0v) is 16.9. The van der Waals surface area contributed by atoms with Crippen LogP contribution in [0, 0.1) is 5.92 Å². The molecule has 0 radical (unpaired) electrons. The molecular weight excluding hydrogens is 389 g/mol. The van der Waals surface area contributed by atoms with E-state index >= 15 is 0 Å². The van der Waals surface area contributed by atoms with Gasteiger partial charge in [0, 0.05) is 20.6 Å². The Morgan fingerprint density at radius 3 is 2.23 bits per heavy atom. The molecule has 0 fully saturated rings. The molecule has 0 aliphatic carbocycles. The van der Waals surface area contributed by atoms with Crippen LogP contribution in [-0.2, 0) is 0 Å². The number of nitrogens with one attached hydrogen (secondary N) is 1. The molecule has 1 aromatic carbocycles. The Labute approximate surface area is 152 Å². The summed E-state index contributed by atoms with van der Waals surface area (Å²) in [5.74, 6) is 2.37. The van der Waals surface area contributed by atoms with Crippen LogP contribution < -0.4 is 10.1 Å². The summed E-state index contributed by atoms with van der Waals surface area (Å²) in [7, 11) is 3.99. The average Bonchev–Trinajstić information content (AvgIpc) is 2.45. The minimum Gasteiger partial charge on any atom is -0.493 e. The minimum atomic E-state index is 0. The number of nitrogens with zero attached hydrogens (tertiary/aromatic N) is 2. The molecule has 0 spiro atoms. The number of ether oxygens (including phenoxy) is 1. The van der Waals surface area contributed by atoms with Crippen molar-refractivity contribution in [1.82, 2.24) is 10.2 Å². The predicted octanol–water partition coefficient (Wildman–Crippen LogP) is 3.93. The quantitative estimate of drug-likeness (QED) is 0.431. The first-order valence-electron chi connectivity index (χ1n) is 7.65. The summed E-state index contributed by atoms with van der Waals surface area (Å²) in [6.07, 6.45) is 0. The van der Waals surface area contributed by atoms with Gasteiger partial charge in [0.05, 0.1) is 12.6 Å². The van der Waals surface area contributed by atoms with Gasteiger partial charge in [-0.1, -0.05) is 26.0 Å². The number of halogens is 1. The van der Waals surface area contributed by atoms with Crippen LogP contribution in [0.25, 0.3) is 0 Å². The lowest BCUT2D eigenvalue weighted by atomic mass is 10.1. The molecule has 1 rings (SSSR count). The second-order valence-corrected chi connectivity index (χ2v) is 5.83. The van der Waals surface area contributed by atoms with Crippen LogP contribution in [-0.4, -0.2) is 38.1 Å². The summed E-state index contributed by atoms with van der Waals surface area (Å²) in [5.41, 5.74) is 1.22. The number of aliphatic imine (C=N–C) groups is 1. The van der Waals surface area contributed by atoms with E-state index in [4.69, 9.17) is 4.74 Å². The van der Waals surface area contributed by atoms with Crippen LogP contribution in [0.15, 0.2) is 29.3 Å². The highest BCUT2D eigenvalue weighted by Gasteiger charge is 2.09. The maximum atomic E-state index is 5.71. The van der Waals surface area contributed by atoms with Crippen LogP contribution in [0.3, 0.4) is 0 Å². The Morgan fingerprint density at radius 2 is 1.77 bits per heavy atom. The Kier molecular flexibility index (Phi) is 10.2. The zero-order valence-electron chi connectivity index (χ0n) is 14.6. The third kappa shape index (κ3) is 7.33. The van der Waals surface area contributed by atoms with Crippen LogP contribution >= 0.6 is 24.0 Å². The molecule has 0 amide bonds. The smallest absolute Gasteiger partial charge is 0.193 e. The number of rotatable bonds is 6. The van der Waals surface area contributed by atoms with Gasteiger partial charge >= 0.3 is 0 Å². The van der Waals surface area contributed by atoms with Crippen LogP contribution in [0.1, 0.15) is 39.3 Å². The van der Waals surface area contributed by atoms with Crippen LogP contribution in [0.5, 0.6) is 5.75 Å². The molecule has 0 heterocycles. The Morgan fingerprint density at radius 1 is 1.18 bits per heavy atom. The van der Waals surface area contributed by atoms with Crippen molar-refractivity contribution in [3.05, 3.63) is 29.8 Å². The summed E-state index contributed by atoms with van der Waals surface area (Å²) in [6, 6.07) is 8.47. The molecule has 0 aliphatic rings. The van der Waals surface area contributed by atoms with E-state index in [1.54, 1.807) is 0 Å². The molecule has 0 aliphatic heterocycles. The van der Waals surface area contributed by atoms with E-state index in [0.29, 0.717) is 5.92 Å². The summed E-state index contributed by atoms with van der Waals surface area (Å²) < 4.78 is 5.71. The van der Waals surface area contributed by atoms with Gasteiger partial charge in [-0.05, 0) is 37.5 Å². The molecule has 1 aromatic rings. The molecule has 1 atom stereocenters. The largest absolute Gasteiger partial charge is 0.493 e. The first-order chi connectivity index (χ1) is 9.93. The maximum absolute atomic E-state index is 5.71. The molecule has 22 heavy (non-hydrogen) atoms. The molecule has 0 saturated heterocycles. The third-order valence-electron chi connectivity index (χ3n) is 3.04. The highest BCUT2D eigenvalue weighted by Crippen LogP contribution is 2.18. The highest BCUT2D eigenvalue weighted by atomic mass is 127. The van der Waals surface area contributed by atoms with E-state index in [2.05, 4.69) is 43.2 Å². The fourth-order valence-corrected chi connectivity index (χ4v) is 1.86. The second kappa shape index (κ2) is 10.7. The van der Waals surface area contributed by atoms with E-state index < -0.39 is 0 Å². The fourth-order valence-electron chi connectivity index (χ4n) is 1.86. The molecule has 5 heteroatoms. The standard InChI is InChI=1S/C17H29N3O.HI/c1-7-18-17(20(5)6)19-14(4)15-8-10-16(11-9-15)21-12-13(2)3;/h8-11,13-14H,7,12H2,1-6H3,(H,18,19);1H. The lowest BCUT2D eigenvalue weighted by Gasteiger charge is -2.22. The van der Waals surface area contributed by atoms with Gasteiger partial charge in [-0.25, -0.2) is 0 Å². The summed E-state index contributed by atoms with van der Waals surface area (Å²) in [6.45, 7) is 10.00. The summed E-state index contributed by atoms with van der Waals surface area (Å²) in [4.78, 5) is 6.46. The Bertz CT molecular complexity index is 444. The second-order valence-electron chi connectivity index (χ2n) is 5.83. The molecule has 0 saturated carbocycles. The normalized spacial score (nSPS) is 12.6. The Hall–Kier alpha value is -0.980. The van der Waals surface area contributed by atoms with Gasteiger partial charge in [0.15, 0.2) is 5.96 Å². The van der Waals surface area contributed by atoms with Crippen molar-refractivity contribution < 1.29 is 4.74 Å². The van der Waals surface area contributed by atoms with Gasteiger partial charge in [-0.15, -0.1) is 24.0 Å². The van der Waals surface area contributed by atoms with Crippen molar-refractivity contribution in [3.8, 4) is 5.75 Å². The molecule has 0 aromatic heterocycles. The van der Waals surface area contributed by atoms with Crippen molar-refractivity contribution in [2.75, 3.05) is 27.2 Å². The average molecular weight is 419 g/mol. The van der Waals surface area contributed by atoms with E-state index in [1.807, 2.05) is 38.1 Å². The van der Waals surface area contributed by atoms with Crippen LogP contribution in [0.4, 0.5) is 0 Å². The fraction of sp³-hybridized carbons (Fsp3) is 0.588. The van der Waals surface area contributed by atoms with Crippen molar-refractivity contribution in [3.63, 3.8) is 0 Å². The van der Waals surface area contributed by atoms with Crippen molar-refractivity contribution in [2.45, 2.75) is 33.7 Å². The molecule has 0 bridgehead atoms. The minimum absolute atomic E-state index is 0. The SMILES string of the molecule is CCN=C(NC(C)c1ccc(OCC(C)C)cc1)N(C)C.I. The van der Waals surface area contributed by atoms with Crippen molar-refractivity contribution in [2.24, 2.45) is 10.9 Å². The molecule has 1 N–H and O–H groups in total. The van der Waals surface area contributed by atoms with E-state index in [1.165, 1.54) is 5.56 Å². The van der Waals surface area contributed by atoms with Crippen LogP contribution in [0.2, 0.25) is 0 Å². The van der Waals surface area contributed by atoms with E-state index in [0.717, 1.165) is 24.9 Å². The van der Waals surface area contributed by atoms with Crippen molar-refractivity contribution >= 4 is 29.9 Å². The lowest BCUT2D eigenvalue weighted by Crippen LogP contribution is -2.38. The summed E-state index contributed by atoms with van der Waals surface area (Å²) >= 11 is 0. The molecule has 1 unspecified atom stereocenters. The van der Waals surface area contributed by atoms with E-state index in [-0.39, 0.29) is 30.0 Å². The van der Waals surface area contributed by atoms with Gasteiger partial charge in [0.25, 0.3) is 0 Å². The topological polar surface area (TPSA) is 36.9 Å². The monoisotopic (exact) mass is 419 g/mol. The predicted molar refractivity (Wildman–Crippen MR) is 105 cm³/mol. The number of hydrogen-bond acceptors (Lipinski definition) is 2. The summed E-state index contributed by atoms with van der Waals surface area (Å²) in [5, 5.41) is 3.44. The van der Waals surface area contributed by atoms with Crippen molar-refractivity contribution in [1.29, 1.82) is 0 Å². The number of hydrogen-bond donors (Lipinski definition) is 1.